The zero-order valence-electron chi connectivity index (χ0n) is 13.0. The molecule has 0 aliphatic carbocycles. The Morgan fingerprint density at radius 1 is 1.43 bits per heavy atom. The number of para-hydroxylation sites is 1. The van der Waals surface area contributed by atoms with Crippen LogP contribution in [-0.4, -0.2) is 54.0 Å². The van der Waals surface area contributed by atoms with E-state index in [1.165, 1.54) is 0 Å². The number of anilines is 1. The van der Waals surface area contributed by atoms with Gasteiger partial charge in [-0.2, -0.15) is 0 Å². The number of nitro groups is 1. The molecule has 1 aromatic carbocycles. The third-order valence-corrected chi connectivity index (χ3v) is 4.22. The first-order chi connectivity index (χ1) is 10.1. The SMILES string of the molecule is CCN1CCN(Cc2cccc([N+](=O)[O-])c2NC)CC1C. The van der Waals surface area contributed by atoms with Crippen molar-refractivity contribution in [2.24, 2.45) is 0 Å². The molecule has 1 aliphatic rings. The normalized spacial score (nSPS) is 20.4. The van der Waals surface area contributed by atoms with Crippen molar-refractivity contribution in [3.8, 4) is 0 Å². The van der Waals surface area contributed by atoms with Gasteiger partial charge in [0.05, 0.1) is 4.92 Å². The van der Waals surface area contributed by atoms with Crippen LogP contribution in [0.1, 0.15) is 19.4 Å². The highest BCUT2D eigenvalue weighted by atomic mass is 16.6. The van der Waals surface area contributed by atoms with Crippen molar-refractivity contribution in [2.75, 3.05) is 38.5 Å². The first-order valence-electron chi connectivity index (χ1n) is 7.47. The summed E-state index contributed by atoms with van der Waals surface area (Å²) in [5.41, 5.74) is 1.77. The molecule has 1 aromatic rings. The summed E-state index contributed by atoms with van der Waals surface area (Å²) in [7, 11) is 1.74. The van der Waals surface area contributed by atoms with Crippen molar-refractivity contribution < 1.29 is 4.92 Å². The smallest absolute Gasteiger partial charge is 0.292 e. The van der Waals surface area contributed by atoms with Crippen LogP contribution in [0.25, 0.3) is 0 Å². The minimum Gasteiger partial charge on any atom is -0.382 e. The molecule has 1 N–H and O–H groups in total. The Labute approximate surface area is 125 Å². The molecule has 6 heteroatoms. The molecule has 1 unspecified atom stereocenters. The fourth-order valence-electron chi connectivity index (χ4n) is 3.08. The maximum Gasteiger partial charge on any atom is 0.292 e. The second kappa shape index (κ2) is 6.87. The molecule has 0 saturated carbocycles. The molecule has 21 heavy (non-hydrogen) atoms. The average molecular weight is 292 g/mol. The summed E-state index contributed by atoms with van der Waals surface area (Å²) in [4.78, 5) is 15.6. The van der Waals surface area contributed by atoms with Gasteiger partial charge >= 0.3 is 0 Å². The van der Waals surface area contributed by atoms with Crippen molar-refractivity contribution >= 4 is 11.4 Å². The summed E-state index contributed by atoms with van der Waals surface area (Å²) in [6.07, 6.45) is 0. The van der Waals surface area contributed by atoms with Crippen molar-refractivity contribution in [1.29, 1.82) is 0 Å². The number of nitrogens with zero attached hydrogens (tertiary/aromatic N) is 3. The molecule has 1 atom stereocenters. The minimum atomic E-state index is -0.326. The van der Waals surface area contributed by atoms with Crippen molar-refractivity contribution in [3.63, 3.8) is 0 Å². The van der Waals surface area contributed by atoms with E-state index in [0.29, 0.717) is 11.7 Å². The quantitative estimate of drug-likeness (QED) is 0.665. The van der Waals surface area contributed by atoms with Crippen LogP contribution >= 0.6 is 0 Å². The van der Waals surface area contributed by atoms with E-state index >= 15 is 0 Å². The molecule has 0 aromatic heterocycles. The highest BCUT2D eigenvalue weighted by molar-refractivity contribution is 5.66. The highest BCUT2D eigenvalue weighted by Crippen LogP contribution is 2.29. The second-order valence-electron chi connectivity index (χ2n) is 5.53. The number of rotatable bonds is 5. The van der Waals surface area contributed by atoms with Gasteiger partial charge < -0.3 is 5.32 Å². The van der Waals surface area contributed by atoms with Gasteiger partial charge in [-0.3, -0.25) is 19.9 Å². The molecular weight excluding hydrogens is 268 g/mol. The molecule has 0 spiro atoms. The third-order valence-electron chi connectivity index (χ3n) is 4.22. The van der Waals surface area contributed by atoms with E-state index in [0.717, 1.165) is 38.3 Å². The lowest BCUT2D eigenvalue weighted by Gasteiger charge is -2.39. The number of benzene rings is 1. The van der Waals surface area contributed by atoms with Gasteiger partial charge in [0.1, 0.15) is 5.69 Å². The van der Waals surface area contributed by atoms with Gasteiger partial charge in [-0.1, -0.05) is 19.1 Å². The molecule has 0 bridgehead atoms. The van der Waals surface area contributed by atoms with Crippen LogP contribution < -0.4 is 5.32 Å². The van der Waals surface area contributed by atoms with E-state index in [4.69, 9.17) is 0 Å². The molecule has 116 valence electrons. The van der Waals surface area contributed by atoms with Gasteiger partial charge in [-0.15, -0.1) is 0 Å². The van der Waals surface area contributed by atoms with Crippen LogP contribution in [0.3, 0.4) is 0 Å². The van der Waals surface area contributed by atoms with E-state index in [1.54, 1.807) is 19.2 Å². The summed E-state index contributed by atoms with van der Waals surface area (Å²) >= 11 is 0. The lowest BCUT2D eigenvalue weighted by atomic mass is 10.1. The third kappa shape index (κ3) is 3.51. The molecule has 0 radical (unpaired) electrons. The summed E-state index contributed by atoms with van der Waals surface area (Å²) in [5, 5.41) is 14.1. The summed E-state index contributed by atoms with van der Waals surface area (Å²) in [6, 6.07) is 5.81. The van der Waals surface area contributed by atoms with E-state index < -0.39 is 0 Å². The summed E-state index contributed by atoms with van der Waals surface area (Å²) in [6.45, 7) is 9.31. The molecule has 6 nitrogen and oxygen atoms in total. The van der Waals surface area contributed by atoms with E-state index in [2.05, 4.69) is 29.0 Å². The van der Waals surface area contributed by atoms with Gasteiger partial charge in [-0.25, -0.2) is 0 Å². The van der Waals surface area contributed by atoms with Gasteiger partial charge in [0.15, 0.2) is 0 Å². The van der Waals surface area contributed by atoms with Gasteiger partial charge in [0.2, 0.25) is 0 Å². The van der Waals surface area contributed by atoms with Crippen LogP contribution in [0.2, 0.25) is 0 Å². The maximum absolute atomic E-state index is 11.1. The molecule has 1 fully saturated rings. The van der Waals surface area contributed by atoms with Crippen molar-refractivity contribution in [1.82, 2.24) is 9.80 Å². The monoisotopic (exact) mass is 292 g/mol. The Morgan fingerprint density at radius 2 is 2.19 bits per heavy atom. The Kier molecular flexibility index (Phi) is 5.14. The van der Waals surface area contributed by atoms with E-state index in [1.807, 2.05) is 6.07 Å². The average Bonchev–Trinajstić information content (AvgIpc) is 2.47. The van der Waals surface area contributed by atoms with Crippen LogP contribution in [0.15, 0.2) is 18.2 Å². The minimum absolute atomic E-state index is 0.148. The molecular formula is C15H24N4O2. The topological polar surface area (TPSA) is 61.7 Å². The fraction of sp³-hybridized carbons (Fsp3) is 0.600. The standard InChI is InChI=1S/C15H24N4O2/c1-4-18-9-8-17(10-12(18)2)11-13-6-5-7-14(19(20)21)15(13)16-3/h5-7,12,16H,4,8-11H2,1-3H3. The molecule has 1 heterocycles. The Hall–Kier alpha value is -1.66. The number of piperazine rings is 1. The van der Waals surface area contributed by atoms with Crippen LogP contribution in [-0.2, 0) is 6.54 Å². The Morgan fingerprint density at radius 3 is 2.76 bits per heavy atom. The molecule has 0 amide bonds. The summed E-state index contributed by atoms with van der Waals surface area (Å²) < 4.78 is 0. The zero-order valence-corrected chi connectivity index (χ0v) is 13.0. The van der Waals surface area contributed by atoms with Gasteiger partial charge in [0, 0.05) is 45.3 Å². The van der Waals surface area contributed by atoms with Gasteiger partial charge in [-0.05, 0) is 19.0 Å². The van der Waals surface area contributed by atoms with E-state index in [9.17, 15) is 10.1 Å². The number of nitrogens with one attached hydrogen (secondary N) is 1. The molecule has 2 rings (SSSR count). The Balaban J connectivity index is 2.13. The first kappa shape index (κ1) is 15.7. The molecule has 1 aliphatic heterocycles. The van der Waals surface area contributed by atoms with Crippen molar-refractivity contribution in [3.05, 3.63) is 33.9 Å². The summed E-state index contributed by atoms with van der Waals surface area (Å²) in [5.74, 6) is 0. The predicted molar refractivity (Wildman–Crippen MR) is 84.6 cm³/mol. The van der Waals surface area contributed by atoms with Crippen LogP contribution in [0.5, 0.6) is 0 Å². The number of likely N-dealkylation sites (N-methyl/N-ethyl adjacent to an activating group) is 1. The second-order valence-corrected chi connectivity index (χ2v) is 5.53. The first-order valence-corrected chi connectivity index (χ1v) is 7.47. The maximum atomic E-state index is 11.1. The van der Waals surface area contributed by atoms with Crippen molar-refractivity contribution in [2.45, 2.75) is 26.4 Å². The lowest BCUT2D eigenvalue weighted by molar-refractivity contribution is -0.384. The molecule has 1 saturated heterocycles. The number of hydrogen-bond acceptors (Lipinski definition) is 5. The van der Waals surface area contributed by atoms with E-state index in [-0.39, 0.29) is 10.6 Å². The Bertz CT molecular complexity index is 506. The zero-order chi connectivity index (χ0) is 15.4. The van der Waals surface area contributed by atoms with Crippen LogP contribution in [0, 0.1) is 10.1 Å². The highest BCUT2D eigenvalue weighted by Gasteiger charge is 2.24. The lowest BCUT2D eigenvalue weighted by Crippen LogP contribution is -2.51. The fourth-order valence-corrected chi connectivity index (χ4v) is 3.08. The number of nitro benzene ring substituents is 1. The largest absolute Gasteiger partial charge is 0.382 e. The number of hydrogen-bond donors (Lipinski definition) is 1. The predicted octanol–water partition coefficient (Wildman–Crippen LogP) is 2.16. The van der Waals surface area contributed by atoms with Crippen LogP contribution in [0.4, 0.5) is 11.4 Å². The van der Waals surface area contributed by atoms with Gasteiger partial charge in [0.25, 0.3) is 5.69 Å².